The number of benzene rings is 3. The monoisotopic (exact) mass is 589 g/mol. The average Bonchev–Trinajstić information content (AvgIpc) is 3.71. The van der Waals surface area contributed by atoms with Gasteiger partial charge in [-0.3, -0.25) is 4.79 Å². The Bertz CT molecular complexity index is 1680. The van der Waals surface area contributed by atoms with Gasteiger partial charge in [0, 0.05) is 36.2 Å². The number of aromatic nitrogens is 1. The molecular formula is C33H39N3O5S. The van der Waals surface area contributed by atoms with E-state index in [4.69, 9.17) is 9.47 Å². The summed E-state index contributed by atoms with van der Waals surface area (Å²) in [6.07, 6.45) is 4.10. The van der Waals surface area contributed by atoms with Crippen molar-refractivity contribution in [3.8, 4) is 11.5 Å². The van der Waals surface area contributed by atoms with Crippen LogP contribution in [0.5, 0.6) is 11.5 Å². The maximum Gasteiger partial charge on any atom is 0.244 e. The van der Waals surface area contributed by atoms with Crippen LogP contribution >= 0.6 is 0 Å². The third-order valence-corrected chi connectivity index (χ3v) is 10.1. The van der Waals surface area contributed by atoms with E-state index in [0.717, 1.165) is 40.4 Å². The maximum absolute atomic E-state index is 14.0. The number of amides is 1. The number of ether oxygens (including phenoxy) is 2. The Morgan fingerprint density at radius 1 is 0.952 bits per heavy atom. The van der Waals surface area contributed by atoms with Crippen LogP contribution in [0.2, 0.25) is 0 Å². The van der Waals surface area contributed by atoms with Gasteiger partial charge in [0.2, 0.25) is 15.9 Å². The molecule has 0 bridgehead atoms. The zero-order valence-corrected chi connectivity index (χ0v) is 25.8. The van der Waals surface area contributed by atoms with Crippen molar-refractivity contribution >= 4 is 26.8 Å². The van der Waals surface area contributed by atoms with Crippen LogP contribution in [0.4, 0.5) is 0 Å². The van der Waals surface area contributed by atoms with Gasteiger partial charge >= 0.3 is 0 Å². The number of H-pyrrole nitrogens is 1. The minimum absolute atomic E-state index is 0.171. The van der Waals surface area contributed by atoms with E-state index >= 15 is 0 Å². The number of para-hydroxylation sites is 1. The largest absolute Gasteiger partial charge is 0.493 e. The van der Waals surface area contributed by atoms with Crippen molar-refractivity contribution in [1.29, 1.82) is 0 Å². The summed E-state index contributed by atoms with van der Waals surface area (Å²) in [6.45, 7) is 6.13. The van der Waals surface area contributed by atoms with E-state index in [9.17, 15) is 13.2 Å². The fourth-order valence-corrected chi connectivity index (χ4v) is 7.83. The molecule has 1 aliphatic rings. The summed E-state index contributed by atoms with van der Waals surface area (Å²) in [5.74, 6) is 0.946. The summed E-state index contributed by atoms with van der Waals surface area (Å²) < 4.78 is 40.4. The van der Waals surface area contributed by atoms with Crippen LogP contribution in [0, 0.1) is 20.8 Å². The minimum atomic E-state index is -3.88. The molecule has 222 valence electrons. The number of methoxy groups -OCH3 is 2. The third kappa shape index (κ3) is 6.17. The average molecular weight is 590 g/mol. The Hall–Kier alpha value is -3.82. The number of carbonyl (C=O) groups is 1. The maximum atomic E-state index is 14.0. The van der Waals surface area contributed by atoms with Gasteiger partial charge < -0.3 is 19.4 Å². The molecular weight excluding hydrogens is 550 g/mol. The van der Waals surface area contributed by atoms with Crippen molar-refractivity contribution in [3.63, 3.8) is 0 Å². The first-order chi connectivity index (χ1) is 20.1. The zero-order valence-electron chi connectivity index (χ0n) is 24.9. The van der Waals surface area contributed by atoms with Gasteiger partial charge in [-0.1, -0.05) is 42.0 Å². The predicted octanol–water partition coefficient (Wildman–Crippen LogP) is 5.53. The fraction of sp³-hybridized carbons (Fsp3) is 0.364. The molecule has 42 heavy (non-hydrogen) atoms. The molecule has 1 aromatic heterocycles. The van der Waals surface area contributed by atoms with Crippen molar-refractivity contribution in [2.45, 2.75) is 57.5 Å². The Morgan fingerprint density at radius 2 is 1.64 bits per heavy atom. The predicted molar refractivity (Wildman–Crippen MR) is 165 cm³/mol. The Labute approximate surface area is 248 Å². The summed E-state index contributed by atoms with van der Waals surface area (Å²) in [5.41, 5.74) is 5.43. The lowest BCUT2D eigenvalue weighted by atomic mass is 10.1. The number of hydrogen-bond acceptors (Lipinski definition) is 5. The van der Waals surface area contributed by atoms with E-state index in [2.05, 4.69) is 11.1 Å². The van der Waals surface area contributed by atoms with Gasteiger partial charge in [0.1, 0.15) is 0 Å². The quantitative estimate of drug-likeness (QED) is 0.235. The molecule has 1 amide bonds. The number of nitrogens with zero attached hydrogens (tertiary/aromatic N) is 2. The number of carbonyl (C=O) groups excluding carboxylic acids is 1. The highest BCUT2D eigenvalue weighted by atomic mass is 32.2. The van der Waals surface area contributed by atoms with Crippen LogP contribution in [0.25, 0.3) is 10.9 Å². The van der Waals surface area contributed by atoms with E-state index in [1.807, 2.05) is 75.5 Å². The molecule has 1 fully saturated rings. The summed E-state index contributed by atoms with van der Waals surface area (Å²) >= 11 is 0. The van der Waals surface area contributed by atoms with Crippen LogP contribution in [0.3, 0.4) is 0 Å². The Kier molecular flexibility index (Phi) is 8.61. The SMILES string of the molecule is COc1ccc(CN(CCc2c[nH]c3ccccc23)C(=O)CN(C2CC2)S(=O)(=O)c2c(C)cc(C)cc2C)cc1OC. The lowest BCUT2D eigenvalue weighted by Gasteiger charge is -2.28. The van der Waals surface area contributed by atoms with Crippen LogP contribution in [-0.4, -0.2) is 61.9 Å². The van der Waals surface area contributed by atoms with E-state index in [-0.39, 0.29) is 18.5 Å². The van der Waals surface area contributed by atoms with Gasteiger partial charge in [-0.25, -0.2) is 8.42 Å². The second kappa shape index (κ2) is 12.2. The molecule has 0 radical (unpaired) electrons. The molecule has 5 rings (SSSR count). The highest BCUT2D eigenvalue weighted by Crippen LogP contribution is 2.35. The molecule has 1 N–H and O–H groups in total. The standard InChI is InChI=1S/C33H39N3O5S/c1-22-16-23(2)33(24(3)17-22)42(38,39)36(27-11-12-27)21-32(37)35(20-25-10-13-30(40-4)31(18-25)41-5)15-14-26-19-34-29-9-7-6-8-28(26)29/h6-10,13,16-19,27,34H,11-12,14-15,20-21H2,1-5H3. The normalized spacial score (nSPS) is 13.5. The first-order valence-electron chi connectivity index (χ1n) is 14.3. The number of nitrogens with one attached hydrogen (secondary N) is 1. The van der Waals surface area contributed by atoms with Gasteiger partial charge in [0.15, 0.2) is 11.5 Å². The lowest BCUT2D eigenvalue weighted by molar-refractivity contribution is -0.132. The molecule has 8 nitrogen and oxygen atoms in total. The molecule has 0 unspecified atom stereocenters. The number of hydrogen-bond donors (Lipinski definition) is 1. The van der Waals surface area contributed by atoms with Gasteiger partial charge in [0.05, 0.1) is 25.7 Å². The van der Waals surface area contributed by atoms with Gasteiger partial charge in [0.25, 0.3) is 0 Å². The second-order valence-electron chi connectivity index (χ2n) is 11.1. The Morgan fingerprint density at radius 3 is 2.31 bits per heavy atom. The lowest BCUT2D eigenvalue weighted by Crippen LogP contribution is -2.44. The summed E-state index contributed by atoms with van der Waals surface area (Å²) in [5, 5.41) is 1.11. The number of fused-ring (bicyclic) bond motifs is 1. The van der Waals surface area contributed by atoms with Gasteiger partial charge in [-0.15, -0.1) is 0 Å². The highest BCUT2D eigenvalue weighted by molar-refractivity contribution is 7.89. The molecule has 1 aliphatic carbocycles. The Balaban J connectivity index is 1.44. The minimum Gasteiger partial charge on any atom is -0.493 e. The van der Waals surface area contributed by atoms with Crippen molar-refractivity contribution in [2.75, 3.05) is 27.3 Å². The van der Waals surface area contributed by atoms with Crippen molar-refractivity contribution in [1.82, 2.24) is 14.2 Å². The topological polar surface area (TPSA) is 91.9 Å². The summed E-state index contributed by atoms with van der Waals surface area (Å²) in [7, 11) is -0.719. The smallest absolute Gasteiger partial charge is 0.244 e. The van der Waals surface area contributed by atoms with Crippen molar-refractivity contribution < 1.29 is 22.7 Å². The van der Waals surface area contributed by atoms with Gasteiger partial charge in [-0.2, -0.15) is 4.31 Å². The molecule has 1 saturated carbocycles. The van der Waals surface area contributed by atoms with E-state index in [1.54, 1.807) is 19.1 Å². The number of rotatable bonds is 12. The van der Waals surface area contributed by atoms with Crippen LogP contribution < -0.4 is 9.47 Å². The van der Waals surface area contributed by atoms with Gasteiger partial charge in [-0.05, 0) is 80.5 Å². The zero-order chi connectivity index (χ0) is 30.0. The third-order valence-electron chi connectivity index (χ3n) is 7.92. The fourth-order valence-electron chi connectivity index (χ4n) is 5.78. The van der Waals surface area contributed by atoms with Crippen LogP contribution in [0.1, 0.15) is 40.7 Å². The number of aryl methyl sites for hydroxylation is 3. The highest BCUT2D eigenvalue weighted by Gasteiger charge is 2.41. The molecule has 3 aromatic carbocycles. The van der Waals surface area contributed by atoms with Crippen LogP contribution in [0.15, 0.2) is 65.7 Å². The van der Waals surface area contributed by atoms with E-state index in [0.29, 0.717) is 47.0 Å². The summed E-state index contributed by atoms with van der Waals surface area (Å²) in [4.78, 5) is 19.4. The first-order valence-corrected chi connectivity index (χ1v) is 15.7. The molecule has 9 heteroatoms. The van der Waals surface area contributed by atoms with E-state index in [1.165, 1.54) is 4.31 Å². The molecule has 0 aliphatic heterocycles. The second-order valence-corrected chi connectivity index (χ2v) is 13.0. The number of sulfonamides is 1. The number of aromatic amines is 1. The first kappa shape index (κ1) is 29.7. The molecule has 0 atom stereocenters. The molecule has 0 saturated heterocycles. The van der Waals surface area contributed by atoms with Crippen LogP contribution in [-0.2, 0) is 27.8 Å². The molecule has 4 aromatic rings. The summed E-state index contributed by atoms with van der Waals surface area (Å²) in [6, 6.07) is 17.3. The van der Waals surface area contributed by atoms with E-state index < -0.39 is 10.0 Å². The molecule has 1 heterocycles. The van der Waals surface area contributed by atoms with Crippen molar-refractivity contribution in [3.05, 3.63) is 88.6 Å². The van der Waals surface area contributed by atoms with Crippen molar-refractivity contribution in [2.24, 2.45) is 0 Å². The molecule has 0 spiro atoms.